The average Bonchev–Trinajstić information content (AvgIpc) is 3.16. The highest BCUT2D eigenvalue weighted by atomic mass is 16.5. The van der Waals surface area contributed by atoms with Crippen molar-refractivity contribution in [1.82, 2.24) is 9.88 Å². The van der Waals surface area contributed by atoms with Crippen LogP contribution in [0.1, 0.15) is 45.9 Å². The van der Waals surface area contributed by atoms with Crippen molar-refractivity contribution < 1.29 is 19.7 Å². The standard InChI is InChI=1S/C24H26N2O4/c1-15-12-22(30-2)20(19-9-10-25-23(15)19)14-26-11-3-4-18(27)13-21(26)16-5-7-17(8-6-16)24(28)29/h4-10,12,21,25,27H,3,11,13-14H2,1-2H3,(H,28,29). The van der Waals surface area contributed by atoms with Gasteiger partial charge < -0.3 is 19.9 Å². The van der Waals surface area contributed by atoms with Gasteiger partial charge in [0, 0.05) is 48.2 Å². The fourth-order valence-corrected chi connectivity index (χ4v) is 4.31. The van der Waals surface area contributed by atoms with Gasteiger partial charge in [0.2, 0.25) is 0 Å². The highest BCUT2D eigenvalue weighted by molar-refractivity contribution is 5.88. The number of aromatic nitrogens is 1. The van der Waals surface area contributed by atoms with Crippen molar-refractivity contribution >= 4 is 16.9 Å². The molecule has 1 aromatic heterocycles. The molecule has 30 heavy (non-hydrogen) atoms. The van der Waals surface area contributed by atoms with Crippen LogP contribution in [0.4, 0.5) is 0 Å². The molecule has 6 heteroatoms. The van der Waals surface area contributed by atoms with E-state index in [1.807, 2.05) is 24.4 Å². The molecule has 0 amide bonds. The van der Waals surface area contributed by atoms with Crippen LogP contribution >= 0.6 is 0 Å². The Labute approximate surface area is 175 Å². The van der Waals surface area contributed by atoms with Gasteiger partial charge in [0.15, 0.2) is 0 Å². The van der Waals surface area contributed by atoms with Crippen LogP contribution in [0.5, 0.6) is 5.75 Å². The van der Waals surface area contributed by atoms with E-state index in [0.717, 1.165) is 46.3 Å². The minimum atomic E-state index is -0.943. The average molecular weight is 406 g/mol. The number of hydrogen-bond donors (Lipinski definition) is 3. The van der Waals surface area contributed by atoms with Crippen molar-refractivity contribution in [3.05, 3.63) is 76.7 Å². The van der Waals surface area contributed by atoms with Crippen molar-refractivity contribution in [2.24, 2.45) is 0 Å². The number of aromatic carboxylic acids is 1. The van der Waals surface area contributed by atoms with E-state index in [1.54, 1.807) is 19.2 Å². The van der Waals surface area contributed by atoms with Gasteiger partial charge in [-0.05, 0) is 54.8 Å². The number of ether oxygens (including phenoxy) is 1. The Balaban J connectivity index is 1.73. The lowest BCUT2D eigenvalue weighted by molar-refractivity contribution is 0.0696. The SMILES string of the molecule is COc1cc(C)c2[nH]ccc2c1CN1CCC=C(O)CC1c1ccc(C(=O)O)cc1. The molecular formula is C24H26N2O4. The summed E-state index contributed by atoms with van der Waals surface area (Å²) in [5.74, 6) is 0.273. The number of rotatable bonds is 5. The Hall–Kier alpha value is -3.25. The molecule has 1 aliphatic rings. The lowest BCUT2D eigenvalue weighted by atomic mass is 9.98. The van der Waals surface area contributed by atoms with Gasteiger partial charge in [0.05, 0.1) is 18.4 Å². The van der Waals surface area contributed by atoms with Gasteiger partial charge >= 0.3 is 5.97 Å². The van der Waals surface area contributed by atoms with Crippen molar-refractivity contribution in [3.63, 3.8) is 0 Å². The van der Waals surface area contributed by atoms with Crippen molar-refractivity contribution in [1.29, 1.82) is 0 Å². The fourth-order valence-electron chi connectivity index (χ4n) is 4.31. The van der Waals surface area contributed by atoms with Gasteiger partial charge in [0.1, 0.15) is 5.75 Å². The topological polar surface area (TPSA) is 85.8 Å². The molecule has 1 unspecified atom stereocenters. The smallest absolute Gasteiger partial charge is 0.335 e. The van der Waals surface area contributed by atoms with E-state index in [0.29, 0.717) is 18.7 Å². The van der Waals surface area contributed by atoms with Crippen LogP contribution in [-0.2, 0) is 6.54 Å². The molecule has 156 valence electrons. The monoisotopic (exact) mass is 406 g/mol. The van der Waals surface area contributed by atoms with E-state index in [-0.39, 0.29) is 11.6 Å². The maximum absolute atomic E-state index is 11.2. The van der Waals surface area contributed by atoms with Crippen LogP contribution in [0.3, 0.4) is 0 Å². The number of carboxylic acids is 1. The molecule has 0 saturated carbocycles. The first kappa shape index (κ1) is 20.0. The van der Waals surface area contributed by atoms with E-state index >= 15 is 0 Å². The normalized spacial score (nSPS) is 17.5. The predicted octanol–water partition coefficient (Wildman–Crippen LogP) is 4.96. The van der Waals surface area contributed by atoms with Gasteiger partial charge in [-0.2, -0.15) is 0 Å². The van der Waals surface area contributed by atoms with Crippen molar-refractivity contribution in [2.45, 2.75) is 32.4 Å². The minimum Gasteiger partial charge on any atom is -0.513 e. The summed E-state index contributed by atoms with van der Waals surface area (Å²) < 4.78 is 5.71. The van der Waals surface area contributed by atoms with Crippen LogP contribution in [0.15, 0.2) is 54.4 Å². The van der Waals surface area contributed by atoms with Gasteiger partial charge in [0.25, 0.3) is 0 Å². The second kappa shape index (κ2) is 8.24. The van der Waals surface area contributed by atoms with E-state index < -0.39 is 5.97 Å². The zero-order valence-corrected chi connectivity index (χ0v) is 17.2. The third-order valence-corrected chi connectivity index (χ3v) is 5.87. The van der Waals surface area contributed by atoms with Crippen LogP contribution < -0.4 is 4.74 Å². The number of aromatic amines is 1. The summed E-state index contributed by atoms with van der Waals surface area (Å²) in [6.07, 6.45) is 5.05. The molecule has 4 rings (SSSR count). The number of carbonyl (C=O) groups is 1. The number of methoxy groups -OCH3 is 1. The lowest BCUT2D eigenvalue weighted by Crippen LogP contribution is -2.29. The zero-order chi connectivity index (χ0) is 21.3. The number of nitrogens with zero attached hydrogens (tertiary/aromatic N) is 1. The first-order chi connectivity index (χ1) is 14.5. The number of aliphatic hydroxyl groups excluding tert-OH is 1. The third-order valence-electron chi connectivity index (χ3n) is 5.87. The fraction of sp³-hybridized carbons (Fsp3) is 0.292. The molecule has 0 saturated heterocycles. The summed E-state index contributed by atoms with van der Waals surface area (Å²) in [6.45, 7) is 3.49. The molecule has 2 aromatic carbocycles. The molecule has 0 fully saturated rings. The first-order valence-electron chi connectivity index (χ1n) is 10.1. The molecule has 3 N–H and O–H groups in total. The largest absolute Gasteiger partial charge is 0.513 e. The number of carboxylic acid groups (broad SMARTS) is 1. The molecule has 0 bridgehead atoms. The Morgan fingerprint density at radius 2 is 2.03 bits per heavy atom. The number of hydrogen-bond acceptors (Lipinski definition) is 4. The van der Waals surface area contributed by atoms with Gasteiger partial charge in [-0.25, -0.2) is 4.79 Å². The number of aryl methyl sites for hydroxylation is 1. The minimum absolute atomic E-state index is 0.0633. The molecule has 0 aliphatic carbocycles. The Morgan fingerprint density at radius 3 is 2.73 bits per heavy atom. The second-order valence-electron chi connectivity index (χ2n) is 7.74. The molecule has 0 radical (unpaired) electrons. The van der Waals surface area contributed by atoms with Crippen LogP contribution in [0, 0.1) is 6.92 Å². The van der Waals surface area contributed by atoms with E-state index in [2.05, 4.69) is 28.9 Å². The van der Waals surface area contributed by atoms with E-state index in [9.17, 15) is 15.0 Å². The predicted molar refractivity (Wildman–Crippen MR) is 116 cm³/mol. The number of benzene rings is 2. The maximum atomic E-state index is 11.2. The molecule has 1 atom stereocenters. The summed E-state index contributed by atoms with van der Waals surface area (Å²) in [7, 11) is 1.69. The Bertz CT molecular complexity index is 1100. The molecular weight excluding hydrogens is 380 g/mol. The number of aliphatic hydroxyl groups is 1. The van der Waals surface area contributed by atoms with Crippen LogP contribution in [-0.4, -0.2) is 39.7 Å². The first-order valence-corrected chi connectivity index (χ1v) is 10.1. The molecule has 3 aromatic rings. The lowest BCUT2D eigenvalue weighted by Gasteiger charge is -2.31. The number of H-pyrrole nitrogens is 1. The highest BCUT2D eigenvalue weighted by Crippen LogP contribution is 2.36. The summed E-state index contributed by atoms with van der Waals surface area (Å²) in [5, 5.41) is 20.7. The zero-order valence-electron chi connectivity index (χ0n) is 17.2. The van der Waals surface area contributed by atoms with E-state index in [4.69, 9.17) is 4.74 Å². The highest BCUT2D eigenvalue weighted by Gasteiger charge is 2.26. The van der Waals surface area contributed by atoms with Crippen LogP contribution in [0.2, 0.25) is 0 Å². The quantitative estimate of drug-likeness (QED) is 0.557. The molecule has 1 aliphatic heterocycles. The summed E-state index contributed by atoms with van der Waals surface area (Å²) in [4.78, 5) is 16.9. The number of nitrogens with one attached hydrogen (secondary N) is 1. The van der Waals surface area contributed by atoms with Crippen molar-refractivity contribution in [2.75, 3.05) is 13.7 Å². The summed E-state index contributed by atoms with van der Waals surface area (Å²) in [5.41, 5.74) is 4.58. The van der Waals surface area contributed by atoms with Gasteiger partial charge in [-0.1, -0.05) is 12.1 Å². The summed E-state index contributed by atoms with van der Waals surface area (Å²) in [6, 6.07) is 11.0. The number of fused-ring (bicyclic) bond motifs is 1. The molecule has 0 spiro atoms. The maximum Gasteiger partial charge on any atom is 0.335 e. The van der Waals surface area contributed by atoms with E-state index in [1.165, 1.54) is 0 Å². The van der Waals surface area contributed by atoms with Gasteiger partial charge in [-0.3, -0.25) is 4.90 Å². The van der Waals surface area contributed by atoms with Crippen molar-refractivity contribution in [3.8, 4) is 5.75 Å². The molecule has 2 heterocycles. The third kappa shape index (κ3) is 3.78. The van der Waals surface area contributed by atoms with Gasteiger partial charge in [-0.15, -0.1) is 0 Å². The Morgan fingerprint density at radius 1 is 1.27 bits per heavy atom. The molecule has 6 nitrogen and oxygen atoms in total. The second-order valence-corrected chi connectivity index (χ2v) is 7.74. The van der Waals surface area contributed by atoms with Crippen LogP contribution in [0.25, 0.3) is 10.9 Å². The Kier molecular flexibility index (Phi) is 5.50. The summed E-state index contributed by atoms with van der Waals surface area (Å²) >= 11 is 0.